The Kier molecular flexibility index (Phi) is 8.91. The number of anilines is 2. The highest BCUT2D eigenvalue weighted by molar-refractivity contribution is 6.06. The zero-order chi connectivity index (χ0) is 26.2. The summed E-state index contributed by atoms with van der Waals surface area (Å²) in [6, 6.07) is 13.7. The molecule has 0 aliphatic carbocycles. The van der Waals surface area contributed by atoms with Crippen LogP contribution in [0.1, 0.15) is 38.3 Å². The summed E-state index contributed by atoms with van der Waals surface area (Å²) in [5, 5.41) is 13.9. The predicted molar refractivity (Wildman–Crippen MR) is 138 cm³/mol. The lowest BCUT2D eigenvalue weighted by molar-refractivity contribution is -0.133. The molecule has 0 spiro atoms. The van der Waals surface area contributed by atoms with E-state index >= 15 is 0 Å². The molecule has 190 valence electrons. The Morgan fingerprint density at radius 2 is 1.75 bits per heavy atom. The number of rotatable bonds is 10. The van der Waals surface area contributed by atoms with Crippen LogP contribution in [0, 0.1) is 11.8 Å². The fraction of sp³-hybridized carbons (Fsp3) is 0.346. The van der Waals surface area contributed by atoms with Crippen molar-refractivity contribution in [2.75, 3.05) is 17.2 Å². The quantitative estimate of drug-likeness (QED) is 0.375. The van der Waals surface area contributed by atoms with E-state index in [1.165, 1.54) is 5.01 Å². The average Bonchev–Trinajstić information content (AvgIpc) is 2.85. The van der Waals surface area contributed by atoms with E-state index in [4.69, 9.17) is 5.73 Å². The molecule has 3 rings (SSSR count). The van der Waals surface area contributed by atoms with Gasteiger partial charge in [-0.3, -0.25) is 19.2 Å². The third-order valence-corrected chi connectivity index (χ3v) is 5.88. The van der Waals surface area contributed by atoms with Crippen LogP contribution in [0.3, 0.4) is 0 Å². The minimum Gasteiger partial charge on any atom is -0.346 e. The van der Waals surface area contributed by atoms with Gasteiger partial charge in [-0.25, -0.2) is 5.01 Å². The van der Waals surface area contributed by atoms with E-state index in [9.17, 15) is 19.2 Å². The summed E-state index contributed by atoms with van der Waals surface area (Å²) >= 11 is 0. The zero-order valence-corrected chi connectivity index (χ0v) is 20.7. The molecule has 1 aliphatic rings. The van der Waals surface area contributed by atoms with Crippen LogP contribution in [0.4, 0.5) is 11.4 Å². The molecule has 10 nitrogen and oxygen atoms in total. The number of carbonyl (C=O) groups is 4. The van der Waals surface area contributed by atoms with Crippen molar-refractivity contribution in [1.29, 1.82) is 0 Å². The van der Waals surface area contributed by atoms with Gasteiger partial charge in [0, 0.05) is 23.7 Å². The highest BCUT2D eigenvalue weighted by Gasteiger charge is 2.27. The summed E-state index contributed by atoms with van der Waals surface area (Å²) < 4.78 is 0. The Labute approximate surface area is 210 Å². The lowest BCUT2D eigenvalue weighted by atomic mass is 9.93. The molecule has 5 N–H and O–H groups in total. The van der Waals surface area contributed by atoms with E-state index in [1.54, 1.807) is 24.3 Å². The van der Waals surface area contributed by atoms with Gasteiger partial charge in [-0.15, -0.1) is 0 Å². The Morgan fingerprint density at radius 1 is 1.11 bits per heavy atom. The summed E-state index contributed by atoms with van der Waals surface area (Å²) in [5.74, 6) is -0.868. The molecule has 2 atom stereocenters. The molecule has 0 aromatic heterocycles. The van der Waals surface area contributed by atoms with E-state index in [0.717, 1.165) is 16.8 Å². The number of hydrogen-bond donors (Lipinski definition) is 4. The molecule has 0 radical (unpaired) electrons. The molecule has 0 bridgehead atoms. The van der Waals surface area contributed by atoms with Crippen LogP contribution < -0.4 is 21.7 Å². The van der Waals surface area contributed by atoms with E-state index < -0.39 is 6.04 Å². The fourth-order valence-electron chi connectivity index (χ4n) is 3.68. The third kappa shape index (κ3) is 6.98. The van der Waals surface area contributed by atoms with E-state index in [2.05, 4.69) is 21.1 Å². The lowest BCUT2D eigenvalue weighted by Crippen LogP contribution is -2.46. The largest absolute Gasteiger partial charge is 0.346 e. The maximum Gasteiger partial charge on any atom is 0.243 e. The van der Waals surface area contributed by atoms with Gasteiger partial charge in [-0.1, -0.05) is 45.0 Å². The number of carbonyl (C=O) groups excluding carboxylic acids is 4. The lowest BCUT2D eigenvalue weighted by Gasteiger charge is -2.28. The fourth-order valence-corrected chi connectivity index (χ4v) is 3.68. The van der Waals surface area contributed by atoms with Crippen molar-refractivity contribution in [3.05, 3.63) is 59.7 Å². The minimum absolute atomic E-state index is 0.0257. The van der Waals surface area contributed by atoms with Crippen LogP contribution in [0.2, 0.25) is 0 Å². The van der Waals surface area contributed by atoms with Crippen LogP contribution in [-0.2, 0) is 25.7 Å². The Balaban J connectivity index is 1.61. The van der Waals surface area contributed by atoms with Gasteiger partial charge < -0.3 is 21.7 Å². The molecule has 0 saturated carbocycles. The van der Waals surface area contributed by atoms with Crippen molar-refractivity contribution >= 4 is 41.2 Å². The Hall–Kier alpha value is -4.05. The molecule has 0 saturated heterocycles. The second-order valence-electron chi connectivity index (χ2n) is 9.11. The normalized spacial score (nSPS) is 16.2. The Morgan fingerprint density at radius 3 is 2.36 bits per heavy atom. The van der Waals surface area contributed by atoms with Gasteiger partial charge in [0.25, 0.3) is 0 Å². The maximum absolute atomic E-state index is 12.6. The van der Waals surface area contributed by atoms with Crippen LogP contribution in [0.5, 0.6) is 0 Å². The molecule has 10 heteroatoms. The van der Waals surface area contributed by atoms with E-state index in [0.29, 0.717) is 24.2 Å². The number of nitrogens with zero attached hydrogens (tertiary/aromatic N) is 2. The molecule has 2 unspecified atom stereocenters. The van der Waals surface area contributed by atoms with Gasteiger partial charge in [-0.2, -0.15) is 5.10 Å². The first kappa shape index (κ1) is 26.6. The van der Waals surface area contributed by atoms with Gasteiger partial charge in [0.2, 0.25) is 24.1 Å². The topological polar surface area (TPSA) is 146 Å². The first-order valence-corrected chi connectivity index (χ1v) is 11.8. The van der Waals surface area contributed by atoms with Crippen molar-refractivity contribution in [2.24, 2.45) is 22.7 Å². The third-order valence-electron chi connectivity index (χ3n) is 5.88. The highest BCUT2D eigenvalue weighted by Crippen LogP contribution is 2.23. The van der Waals surface area contributed by atoms with Crippen molar-refractivity contribution in [3.8, 4) is 0 Å². The summed E-state index contributed by atoms with van der Waals surface area (Å²) in [6.07, 6.45) is 0.960. The summed E-state index contributed by atoms with van der Waals surface area (Å²) in [5.41, 5.74) is 9.56. The van der Waals surface area contributed by atoms with Gasteiger partial charge in [-0.05, 0) is 41.3 Å². The molecule has 1 aliphatic heterocycles. The number of hydrogen-bond acceptors (Lipinski definition) is 6. The summed E-state index contributed by atoms with van der Waals surface area (Å²) in [7, 11) is 0. The summed E-state index contributed by atoms with van der Waals surface area (Å²) in [6.45, 7) is 5.74. The predicted octanol–water partition coefficient (Wildman–Crippen LogP) is 2.07. The van der Waals surface area contributed by atoms with Gasteiger partial charge in [0.1, 0.15) is 0 Å². The number of benzene rings is 2. The first-order valence-electron chi connectivity index (χ1n) is 11.8. The molecule has 2 aromatic rings. The van der Waals surface area contributed by atoms with Crippen molar-refractivity contribution in [3.63, 3.8) is 0 Å². The molecule has 1 heterocycles. The number of nitrogens with two attached hydrogens (primary N) is 1. The van der Waals surface area contributed by atoms with Crippen molar-refractivity contribution in [2.45, 2.75) is 39.8 Å². The number of amides is 4. The van der Waals surface area contributed by atoms with Gasteiger partial charge in [0.15, 0.2) is 0 Å². The second kappa shape index (κ2) is 12.1. The van der Waals surface area contributed by atoms with Crippen molar-refractivity contribution < 1.29 is 19.2 Å². The van der Waals surface area contributed by atoms with Crippen molar-refractivity contribution in [1.82, 2.24) is 10.3 Å². The molecular formula is C26H32N6O4. The molecule has 2 aromatic carbocycles. The van der Waals surface area contributed by atoms with Crippen LogP contribution in [-0.4, -0.2) is 47.4 Å². The smallest absolute Gasteiger partial charge is 0.243 e. The van der Waals surface area contributed by atoms with Crippen LogP contribution in [0.25, 0.3) is 0 Å². The number of hydrazone groups is 1. The van der Waals surface area contributed by atoms with E-state index in [1.807, 2.05) is 45.0 Å². The average molecular weight is 493 g/mol. The SMILES string of the molecule is CC1CC(=O)N(Cc2ccc(NC(=O)CNC(=O)C(N)C(C)C)cc2)N=C1c1ccc(NC=O)cc1. The Bertz CT molecular complexity index is 1130. The highest BCUT2D eigenvalue weighted by atomic mass is 16.2. The first-order chi connectivity index (χ1) is 17.2. The molecule has 36 heavy (non-hydrogen) atoms. The standard InChI is InChI=1S/C26H32N6O4/c1-16(2)24(27)26(36)28-13-22(34)30-21-8-4-18(5-9-21)14-32-23(35)12-17(3)25(31-32)19-6-10-20(11-7-19)29-15-33/h4-11,15-17,24H,12-14,27H2,1-3H3,(H,28,36)(H,29,33)(H,30,34). The number of nitrogens with one attached hydrogen (secondary N) is 3. The molecule has 4 amide bonds. The summed E-state index contributed by atoms with van der Waals surface area (Å²) in [4.78, 5) is 47.3. The van der Waals surface area contributed by atoms with Gasteiger partial charge in [0.05, 0.1) is 24.8 Å². The zero-order valence-electron chi connectivity index (χ0n) is 20.7. The molecular weight excluding hydrogens is 460 g/mol. The van der Waals surface area contributed by atoms with E-state index in [-0.39, 0.29) is 42.6 Å². The van der Waals surface area contributed by atoms with Crippen LogP contribution >= 0.6 is 0 Å². The monoisotopic (exact) mass is 492 g/mol. The second-order valence-corrected chi connectivity index (χ2v) is 9.11. The van der Waals surface area contributed by atoms with Gasteiger partial charge >= 0.3 is 0 Å². The van der Waals surface area contributed by atoms with Crippen LogP contribution in [0.15, 0.2) is 53.6 Å². The molecule has 0 fully saturated rings. The minimum atomic E-state index is -0.667. The maximum atomic E-state index is 12.6.